The molecule has 2 rings (SSSR count). The van der Waals surface area contributed by atoms with E-state index < -0.39 is 15.0 Å². The highest BCUT2D eigenvalue weighted by molar-refractivity contribution is 7.99. The molecule has 2 aromatic carbocycles. The van der Waals surface area contributed by atoms with Gasteiger partial charge in [-0.25, -0.2) is 0 Å². The molecule has 0 atom stereocenters. The molecule has 0 aliphatic heterocycles. The minimum Gasteiger partial charge on any atom is -0.493 e. The van der Waals surface area contributed by atoms with Gasteiger partial charge in [-0.15, -0.1) is 0 Å². The molecule has 11 heteroatoms. The lowest BCUT2D eigenvalue weighted by Crippen LogP contribution is -2.22. The number of para-hydroxylation sites is 1. The molecule has 0 aliphatic rings. The van der Waals surface area contributed by atoms with E-state index in [1.807, 2.05) is 0 Å². The third kappa shape index (κ3) is 7.01. The van der Waals surface area contributed by atoms with Crippen LogP contribution in [0.5, 0.6) is 5.75 Å². The Morgan fingerprint density at radius 1 is 1.13 bits per heavy atom. The summed E-state index contributed by atoms with van der Waals surface area (Å²) in [5.74, 6) is 0.147. The second-order valence-corrected chi connectivity index (χ2v) is 9.14. The van der Waals surface area contributed by atoms with Crippen LogP contribution in [0.3, 0.4) is 0 Å². The van der Waals surface area contributed by atoms with Crippen LogP contribution in [-0.4, -0.2) is 57.7 Å². The highest BCUT2D eigenvalue weighted by Crippen LogP contribution is 2.37. The highest BCUT2D eigenvalue weighted by Gasteiger charge is 2.19. The van der Waals surface area contributed by atoms with Crippen LogP contribution in [0.2, 0.25) is 0 Å². The number of benzene rings is 2. The van der Waals surface area contributed by atoms with Gasteiger partial charge in [-0.05, 0) is 24.3 Å². The molecule has 0 bridgehead atoms. The second kappa shape index (κ2) is 10.4. The number of carbonyl (C=O) groups is 1. The summed E-state index contributed by atoms with van der Waals surface area (Å²) in [4.78, 5) is 25.8. The SMILES string of the molecule is CN(C)C(=O)c1cc(OCCCOS(C)(=O)=O)ccc1Sc1ccccc1[N+](=O)[O-]. The summed E-state index contributed by atoms with van der Waals surface area (Å²) in [5.41, 5.74) is 0.296. The van der Waals surface area contributed by atoms with Crippen molar-refractivity contribution in [3.05, 3.63) is 58.1 Å². The fourth-order valence-corrected chi connectivity index (χ4v) is 3.81. The number of rotatable bonds is 10. The van der Waals surface area contributed by atoms with Gasteiger partial charge in [-0.3, -0.25) is 19.1 Å². The Morgan fingerprint density at radius 3 is 2.47 bits per heavy atom. The van der Waals surface area contributed by atoms with Gasteiger partial charge in [0.25, 0.3) is 21.7 Å². The van der Waals surface area contributed by atoms with Gasteiger partial charge in [-0.2, -0.15) is 8.42 Å². The Hall–Kier alpha value is -2.63. The normalized spacial score (nSPS) is 11.2. The molecule has 0 saturated heterocycles. The third-order valence-electron chi connectivity index (χ3n) is 3.72. The van der Waals surface area contributed by atoms with E-state index in [4.69, 9.17) is 4.74 Å². The quantitative estimate of drug-likeness (QED) is 0.233. The molecule has 2 aromatic rings. The molecule has 0 aromatic heterocycles. The molecule has 0 unspecified atom stereocenters. The zero-order chi connectivity index (χ0) is 22.3. The second-order valence-electron chi connectivity index (χ2n) is 6.41. The number of nitro groups is 1. The maximum atomic E-state index is 12.6. The number of hydrogen-bond donors (Lipinski definition) is 0. The molecule has 9 nitrogen and oxygen atoms in total. The topological polar surface area (TPSA) is 116 Å². The van der Waals surface area contributed by atoms with Gasteiger partial charge in [0.2, 0.25) is 0 Å². The Morgan fingerprint density at radius 2 is 1.83 bits per heavy atom. The van der Waals surface area contributed by atoms with E-state index in [-0.39, 0.29) is 24.8 Å². The van der Waals surface area contributed by atoms with E-state index in [2.05, 4.69) is 4.18 Å². The molecule has 0 radical (unpaired) electrons. The summed E-state index contributed by atoms with van der Waals surface area (Å²) < 4.78 is 32.1. The highest BCUT2D eigenvalue weighted by atomic mass is 32.2. The zero-order valence-electron chi connectivity index (χ0n) is 16.7. The summed E-state index contributed by atoms with van der Waals surface area (Å²) in [6.07, 6.45) is 1.32. The summed E-state index contributed by atoms with van der Waals surface area (Å²) in [5, 5.41) is 11.3. The Balaban J connectivity index is 2.21. The van der Waals surface area contributed by atoms with Crippen LogP contribution >= 0.6 is 11.8 Å². The number of amides is 1. The molecule has 1 amide bonds. The minimum absolute atomic E-state index is 0.00602. The van der Waals surface area contributed by atoms with Gasteiger partial charge in [0, 0.05) is 31.5 Å². The molecule has 0 saturated carbocycles. The standard InChI is InChI=1S/C19H22N2O7S2/c1-20(2)19(22)15-13-14(27-11-6-12-28-30(3,25)26)9-10-17(15)29-18-8-5-4-7-16(18)21(23)24/h4-5,7-10,13H,6,11-12H2,1-3H3. The monoisotopic (exact) mass is 454 g/mol. The fourth-order valence-electron chi connectivity index (χ4n) is 2.37. The first-order valence-electron chi connectivity index (χ1n) is 8.82. The number of nitro benzene ring substituents is 1. The molecule has 0 heterocycles. The summed E-state index contributed by atoms with van der Waals surface area (Å²) in [6, 6.07) is 11.2. The van der Waals surface area contributed by atoms with Crippen molar-refractivity contribution in [1.29, 1.82) is 0 Å². The van der Waals surface area contributed by atoms with Crippen molar-refractivity contribution >= 4 is 33.5 Å². The molecule has 0 N–H and O–H groups in total. The van der Waals surface area contributed by atoms with Gasteiger partial charge < -0.3 is 9.64 Å². The number of hydrogen-bond acceptors (Lipinski definition) is 8. The molecule has 30 heavy (non-hydrogen) atoms. The largest absolute Gasteiger partial charge is 0.493 e. The van der Waals surface area contributed by atoms with E-state index in [1.165, 1.54) is 11.0 Å². The lowest BCUT2D eigenvalue weighted by molar-refractivity contribution is -0.387. The Labute approximate surface area is 179 Å². The van der Waals surface area contributed by atoms with Crippen LogP contribution < -0.4 is 4.74 Å². The number of carbonyl (C=O) groups excluding carboxylic acids is 1. The smallest absolute Gasteiger partial charge is 0.283 e. The van der Waals surface area contributed by atoms with Gasteiger partial charge in [-0.1, -0.05) is 23.9 Å². The first-order valence-corrected chi connectivity index (χ1v) is 11.5. The van der Waals surface area contributed by atoms with Gasteiger partial charge in [0.1, 0.15) is 5.75 Å². The van der Waals surface area contributed by atoms with Crippen LogP contribution in [0.1, 0.15) is 16.8 Å². The third-order valence-corrected chi connectivity index (χ3v) is 5.46. The zero-order valence-corrected chi connectivity index (χ0v) is 18.4. The van der Waals surface area contributed by atoms with Crippen molar-refractivity contribution in [2.45, 2.75) is 16.2 Å². The fraction of sp³-hybridized carbons (Fsp3) is 0.316. The van der Waals surface area contributed by atoms with Crippen molar-refractivity contribution in [3.63, 3.8) is 0 Å². The molecular formula is C19H22N2O7S2. The van der Waals surface area contributed by atoms with Crippen LogP contribution in [0, 0.1) is 10.1 Å². The van der Waals surface area contributed by atoms with E-state index in [0.29, 0.717) is 27.5 Å². The van der Waals surface area contributed by atoms with Crippen molar-refractivity contribution in [2.75, 3.05) is 33.6 Å². The summed E-state index contributed by atoms with van der Waals surface area (Å²) in [7, 11) is -0.280. The van der Waals surface area contributed by atoms with Crippen molar-refractivity contribution in [1.82, 2.24) is 4.90 Å². The van der Waals surface area contributed by atoms with E-state index in [1.54, 1.807) is 50.5 Å². The molecule has 0 fully saturated rings. The summed E-state index contributed by atoms with van der Waals surface area (Å²) in [6.45, 7) is 0.190. The first kappa shape index (κ1) is 23.6. The first-order chi connectivity index (χ1) is 14.1. The lowest BCUT2D eigenvalue weighted by atomic mass is 10.2. The maximum absolute atomic E-state index is 12.6. The maximum Gasteiger partial charge on any atom is 0.283 e. The van der Waals surface area contributed by atoms with Crippen LogP contribution in [-0.2, 0) is 14.3 Å². The Bertz CT molecular complexity index is 1020. The van der Waals surface area contributed by atoms with Crippen molar-refractivity contribution < 1.29 is 27.1 Å². The van der Waals surface area contributed by atoms with E-state index >= 15 is 0 Å². The van der Waals surface area contributed by atoms with E-state index in [0.717, 1.165) is 18.0 Å². The van der Waals surface area contributed by atoms with Crippen molar-refractivity contribution in [3.8, 4) is 5.75 Å². The number of ether oxygens (including phenoxy) is 1. The lowest BCUT2D eigenvalue weighted by Gasteiger charge is -2.16. The van der Waals surface area contributed by atoms with Gasteiger partial charge in [0.05, 0.1) is 34.9 Å². The van der Waals surface area contributed by atoms with Gasteiger partial charge >= 0.3 is 0 Å². The average Bonchev–Trinajstić information content (AvgIpc) is 2.67. The molecule has 162 valence electrons. The molecule has 0 spiro atoms. The average molecular weight is 455 g/mol. The predicted molar refractivity (Wildman–Crippen MR) is 113 cm³/mol. The minimum atomic E-state index is -3.50. The van der Waals surface area contributed by atoms with Crippen molar-refractivity contribution in [2.24, 2.45) is 0 Å². The van der Waals surface area contributed by atoms with Crippen LogP contribution in [0.4, 0.5) is 5.69 Å². The molecule has 0 aliphatic carbocycles. The summed E-state index contributed by atoms with van der Waals surface area (Å²) >= 11 is 1.13. The predicted octanol–water partition coefficient (Wildman–Crippen LogP) is 3.19. The van der Waals surface area contributed by atoms with Crippen LogP contribution in [0.15, 0.2) is 52.3 Å². The van der Waals surface area contributed by atoms with Crippen LogP contribution in [0.25, 0.3) is 0 Å². The number of nitrogens with zero attached hydrogens (tertiary/aromatic N) is 2. The Kier molecular flexibility index (Phi) is 8.21. The van der Waals surface area contributed by atoms with E-state index in [9.17, 15) is 23.3 Å². The van der Waals surface area contributed by atoms with Gasteiger partial charge in [0.15, 0.2) is 0 Å². The molecular weight excluding hydrogens is 432 g/mol.